The first-order valence-corrected chi connectivity index (χ1v) is 9.18. The number of aryl methyl sites for hydroxylation is 2. The molecular weight excluding hydrogens is 379 g/mol. The number of hydrogen-bond acceptors (Lipinski definition) is 5. The lowest BCUT2D eigenvalue weighted by Gasteiger charge is -2.20. The van der Waals surface area contributed by atoms with Crippen LogP contribution in [0, 0.1) is 19.8 Å². The van der Waals surface area contributed by atoms with Crippen molar-refractivity contribution in [3.8, 4) is 10.6 Å². The molecule has 0 unspecified atom stereocenters. The summed E-state index contributed by atoms with van der Waals surface area (Å²) in [5.41, 5.74) is 2.81. The molecule has 10 heteroatoms. The zero-order chi connectivity index (χ0) is 19.3. The van der Waals surface area contributed by atoms with Crippen molar-refractivity contribution >= 4 is 23.0 Å². The summed E-state index contributed by atoms with van der Waals surface area (Å²) in [6, 6.07) is 1.85. The number of hydrogen-bond donors (Lipinski definition) is 1. The average Bonchev–Trinajstić information content (AvgIpc) is 3.17. The van der Waals surface area contributed by atoms with Crippen LogP contribution in [0.5, 0.6) is 0 Å². The highest BCUT2D eigenvalue weighted by Gasteiger charge is 2.50. The molecule has 0 radical (unpaired) electrons. The van der Waals surface area contributed by atoms with E-state index in [1.807, 2.05) is 26.0 Å². The van der Waals surface area contributed by atoms with E-state index in [9.17, 15) is 18.0 Å². The van der Waals surface area contributed by atoms with E-state index in [0.717, 1.165) is 16.1 Å². The zero-order valence-electron chi connectivity index (χ0n) is 14.5. The third kappa shape index (κ3) is 3.41. The second kappa shape index (κ2) is 6.29. The molecule has 1 saturated carbocycles. The molecule has 1 aliphatic carbocycles. The Labute approximate surface area is 156 Å². The maximum absolute atomic E-state index is 13.2. The Morgan fingerprint density at radius 1 is 1.33 bits per heavy atom. The van der Waals surface area contributed by atoms with Crippen LogP contribution in [0.25, 0.3) is 16.1 Å². The Bertz CT molecular complexity index is 1020. The number of halogens is 3. The molecule has 3 heterocycles. The lowest BCUT2D eigenvalue weighted by molar-refractivity contribution is -0.158. The second-order valence-corrected chi connectivity index (χ2v) is 7.56. The molecule has 1 aliphatic rings. The highest BCUT2D eigenvalue weighted by Crippen LogP contribution is 2.40. The molecular formula is C17H16F3N5OS. The van der Waals surface area contributed by atoms with Crippen LogP contribution in [0.3, 0.4) is 0 Å². The van der Waals surface area contributed by atoms with Crippen molar-refractivity contribution in [2.75, 3.05) is 0 Å². The van der Waals surface area contributed by atoms with E-state index < -0.39 is 24.0 Å². The quantitative estimate of drug-likeness (QED) is 0.734. The molecule has 27 heavy (non-hydrogen) atoms. The number of imidazole rings is 1. The molecule has 4 rings (SSSR count). The predicted molar refractivity (Wildman–Crippen MR) is 93.6 cm³/mol. The first kappa shape index (κ1) is 17.9. The van der Waals surface area contributed by atoms with Crippen molar-refractivity contribution < 1.29 is 18.0 Å². The molecule has 1 fully saturated rings. The predicted octanol–water partition coefficient (Wildman–Crippen LogP) is 3.54. The Kier molecular flexibility index (Phi) is 4.17. The zero-order valence-corrected chi connectivity index (χ0v) is 15.4. The fourth-order valence-corrected chi connectivity index (χ4v) is 3.70. The highest BCUT2D eigenvalue weighted by molar-refractivity contribution is 7.09. The number of carbonyl (C=O) groups excluding carboxylic acids is 1. The van der Waals surface area contributed by atoms with E-state index in [-0.39, 0.29) is 5.82 Å². The van der Waals surface area contributed by atoms with Crippen LogP contribution in [0.1, 0.15) is 34.7 Å². The largest absolute Gasteiger partial charge is 0.408 e. The highest BCUT2D eigenvalue weighted by atomic mass is 32.1. The van der Waals surface area contributed by atoms with Crippen molar-refractivity contribution in [3.05, 3.63) is 35.4 Å². The summed E-state index contributed by atoms with van der Waals surface area (Å²) in [6.07, 6.45) is -2.13. The van der Waals surface area contributed by atoms with Gasteiger partial charge < -0.3 is 5.32 Å². The summed E-state index contributed by atoms with van der Waals surface area (Å²) < 4.78 is 45.2. The van der Waals surface area contributed by atoms with Crippen molar-refractivity contribution in [2.24, 2.45) is 5.92 Å². The van der Waals surface area contributed by atoms with Crippen LogP contribution in [0.2, 0.25) is 0 Å². The standard InChI is InChI=1S/C17H16F3N5OS/c1-8-5-11(13-6-9(2)24-27-13)23-25-12(8)7-21-15(25)16(26)22-14(10-3-4-10)17(18,19)20/h5-7,10,14H,3-4H2,1-2H3,(H,22,26)/t14-/m0/s1. The summed E-state index contributed by atoms with van der Waals surface area (Å²) in [5, 5.41) is 6.51. The Hall–Kier alpha value is -2.49. The van der Waals surface area contributed by atoms with Gasteiger partial charge in [0.2, 0.25) is 5.82 Å². The van der Waals surface area contributed by atoms with Gasteiger partial charge in [-0.25, -0.2) is 9.50 Å². The van der Waals surface area contributed by atoms with E-state index in [1.54, 1.807) is 0 Å². The molecule has 6 nitrogen and oxygen atoms in total. The van der Waals surface area contributed by atoms with Gasteiger partial charge >= 0.3 is 6.18 Å². The summed E-state index contributed by atoms with van der Waals surface area (Å²) in [7, 11) is 0. The van der Waals surface area contributed by atoms with Crippen molar-refractivity contribution in [2.45, 2.75) is 38.9 Å². The van der Waals surface area contributed by atoms with Gasteiger partial charge in [-0.1, -0.05) is 0 Å². The van der Waals surface area contributed by atoms with Gasteiger partial charge in [-0.05, 0) is 61.8 Å². The number of nitrogens with one attached hydrogen (secondary N) is 1. The van der Waals surface area contributed by atoms with Crippen LogP contribution in [0.15, 0.2) is 18.3 Å². The number of fused-ring (bicyclic) bond motifs is 1. The van der Waals surface area contributed by atoms with Crippen molar-refractivity contribution in [1.82, 2.24) is 24.3 Å². The topological polar surface area (TPSA) is 72.2 Å². The van der Waals surface area contributed by atoms with Gasteiger partial charge in [0.05, 0.1) is 22.3 Å². The fraction of sp³-hybridized carbons (Fsp3) is 0.412. The molecule has 142 valence electrons. The molecule has 0 saturated heterocycles. The summed E-state index contributed by atoms with van der Waals surface area (Å²) in [5.74, 6) is -1.61. The Balaban J connectivity index is 1.71. The summed E-state index contributed by atoms with van der Waals surface area (Å²) in [4.78, 5) is 17.4. The number of carbonyl (C=O) groups is 1. The SMILES string of the molecule is Cc1cc(-c2cc(C)c3cnc(C(=O)N[C@@H](C4CC4)C(F)(F)F)n3n2)sn1. The van der Waals surface area contributed by atoms with Gasteiger partial charge in [0.1, 0.15) is 11.7 Å². The number of amides is 1. The lowest BCUT2D eigenvalue weighted by Crippen LogP contribution is -2.47. The summed E-state index contributed by atoms with van der Waals surface area (Å²) in [6.45, 7) is 3.69. The van der Waals surface area contributed by atoms with Crippen LogP contribution >= 0.6 is 11.5 Å². The van der Waals surface area contributed by atoms with Gasteiger partial charge in [-0.15, -0.1) is 0 Å². The molecule has 0 aromatic carbocycles. The normalized spacial score (nSPS) is 15.9. The van der Waals surface area contributed by atoms with Gasteiger partial charge in [-0.3, -0.25) is 4.79 Å². The minimum absolute atomic E-state index is 0.161. The molecule has 1 N–H and O–H groups in total. The molecule has 3 aromatic rings. The van der Waals surface area contributed by atoms with E-state index >= 15 is 0 Å². The maximum atomic E-state index is 13.2. The van der Waals surface area contributed by atoms with Crippen LogP contribution in [-0.4, -0.2) is 37.1 Å². The maximum Gasteiger partial charge on any atom is 0.408 e. The van der Waals surface area contributed by atoms with E-state index in [1.165, 1.54) is 22.2 Å². The van der Waals surface area contributed by atoms with Crippen molar-refractivity contribution in [1.29, 1.82) is 0 Å². The first-order chi connectivity index (χ1) is 12.7. The van der Waals surface area contributed by atoms with Gasteiger partial charge in [-0.2, -0.15) is 22.6 Å². The van der Waals surface area contributed by atoms with Crippen molar-refractivity contribution in [3.63, 3.8) is 0 Å². The van der Waals surface area contributed by atoms with E-state index in [4.69, 9.17) is 0 Å². The number of alkyl halides is 3. The van der Waals surface area contributed by atoms with E-state index in [2.05, 4.69) is 19.8 Å². The third-order valence-corrected chi connectivity index (χ3v) is 5.42. The third-order valence-electron chi connectivity index (χ3n) is 4.52. The van der Waals surface area contributed by atoms with E-state index in [0.29, 0.717) is 24.1 Å². The van der Waals surface area contributed by atoms with Crippen LogP contribution in [0.4, 0.5) is 13.2 Å². The minimum Gasteiger partial charge on any atom is -0.337 e. The minimum atomic E-state index is -4.49. The molecule has 1 atom stereocenters. The average molecular weight is 395 g/mol. The molecule has 3 aromatic heterocycles. The van der Waals surface area contributed by atoms with Crippen LogP contribution < -0.4 is 5.32 Å². The lowest BCUT2D eigenvalue weighted by atomic mass is 10.2. The van der Waals surface area contributed by atoms with Crippen LogP contribution in [-0.2, 0) is 0 Å². The van der Waals surface area contributed by atoms with Gasteiger partial charge in [0.25, 0.3) is 5.91 Å². The number of aromatic nitrogens is 4. The molecule has 0 spiro atoms. The smallest absolute Gasteiger partial charge is 0.337 e. The monoisotopic (exact) mass is 395 g/mol. The summed E-state index contributed by atoms with van der Waals surface area (Å²) >= 11 is 1.27. The molecule has 0 aliphatic heterocycles. The number of rotatable bonds is 4. The Morgan fingerprint density at radius 3 is 2.67 bits per heavy atom. The van der Waals surface area contributed by atoms with Gasteiger partial charge in [0, 0.05) is 0 Å². The Morgan fingerprint density at radius 2 is 2.07 bits per heavy atom. The van der Waals surface area contributed by atoms with Gasteiger partial charge in [0.15, 0.2) is 0 Å². The fourth-order valence-electron chi connectivity index (χ4n) is 2.99. The second-order valence-electron chi connectivity index (χ2n) is 6.75. The molecule has 1 amide bonds. The molecule has 0 bridgehead atoms. The first-order valence-electron chi connectivity index (χ1n) is 8.40. The number of nitrogens with zero attached hydrogens (tertiary/aromatic N) is 4.